The fourth-order valence-corrected chi connectivity index (χ4v) is 2.01. The molecule has 22 heavy (non-hydrogen) atoms. The minimum absolute atomic E-state index is 0.0773. The number of hydrogen-bond acceptors (Lipinski definition) is 3. The first-order valence-electron chi connectivity index (χ1n) is 6.97. The van der Waals surface area contributed by atoms with Crippen LogP contribution in [0.4, 0.5) is 0 Å². The van der Waals surface area contributed by atoms with Crippen molar-refractivity contribution in [2.24, 2.45) is 0 Å². The number of hydrogen-bond donors (Lipinski definition) is 2. The lowest BCUT2D eigenvalue weighted by atomic mass is 10.0. The largest absolute Gasteiger partial charge is 0.303 e. The number of benzene rings is 2. The molecule has 1 amide bonds. The van der Waals surface area contributed by atoms with E-state index in [4.69, 9.17) is 0 Å². The van der Waals surface area contributed by atoms with Crippen molar-refractivity contribution in [3.8, 4) is 11.1 Å². The number of ketones is 1. The fourth-order valence-electron chi connectivity index (χ4n) is 2.01. The van der Waals surface area contributed by atoms with E-state index in [2.05, 4.69) is 10.9 Å². The number of hydrazine groups is 1. The number of rotatable bonds is 5. The molecule has 0 saturated carbocycles. The van der Waals surface area contributed by atoms with Crippen LogP contribution >= 0.6 is 0 Å². The third-order valence-electron chi connectivity index (χ3n) is 3.05. The molecule has 0 aliphatic carbocycles. The normalized spacial score (nSPS) is 10.9. The zero-order valence-corrected chi connectivity index (χ0v) is 12.6. The summed E-state index contributed by atoms with van der Waals surface area (Å²) in [4.78, 5) is 22.9. The molecule has 0 heterocycles. The summed E-state index contributed by atoms with van der Waals surface area (Å²) in [5.41, 5.74) is 8.54. The van der Waals surface area contributed by atoms with Gasteiger partial charge in [0.15, 0.2) is 5.78 Å². The molecule has 0 saturated heterocycles. The molecule has 0 atom stereocenters. The van der Waals surface area contributed by atoms with Crippen molar-refractivity contribution in [1.82, 2.24) is 10.9 Å². The SMILES string of the molecule is CC(=O)/C=C(\C)NNC(=O)c1ccc(-c2ccccc2)cc1. The molecule has 4 nitrogen and oxygen atoms in total. The van der Waals surface area contributed by atoms with E-state index in [1.165, 1.54) is 13.0 Å². The zero-order valence-electron chi connectivity index (χ0n) is 12.6. The van der Waals surface area contributed by atoms with Gasteiger partial charge < -0.3 is 5.43 Å². The lowest BCUT2D eigenvalue weighted by molar-refractivity contribution is -0.112. The smallest absolute Gasteiger partial charge is 0.269 e. The number of carbonyl (C=O) groups is 2. The van der Waals surface area contributed by atoms with E-state index < -0.39 is 0 Å². The Morgan fingerprint density at radius 3 is 2.00 bits per heavy atom. The van der Waals surface area contributed by atoms with Crippen molar-refractivity contribution < 1.29 is 9.59 Å². The molecule has 2 aromatic rings. The summed E-state index contributed by atoms with van der Waals surface area (Å²) in [6.45, 7) is 3.16. The molecule has 0 radical (unpaired) electrons. The highest BCUT2D eigenvalue weighted by Gasteiger charge is 2.05. The summed E-state index contributed by atoms with van der Waals surface area (Å²) in [6.07, 6.45) is 1.42. The predicted molar refractivity (Wildman–Crippen MR) is 86.9 cm³/mol. The van der Waals surface area contributed by atoms with Crippen molar-refractivity contribution >= 4 is 11.7 Å². The first-order valence-corrected chi connectivity index (χ1v) is 6.97. The summed E-state index contributed by atoms with van der Waals surface area (Å²) in [6, 6.07) is 17.3. The van der Waals surface area contributed by atoms with Crippen molar-refractivity contribution in [2.45, 2.75) is 13.8 Å². The quantitative estimate of drug-likeness (QED) is 0.658. The third kappa shape index (κ3) is 4.31. The Bertz CT molecular complexity index is 689. The Kier molecular flexibility index (Phi) is 5.09. The van der Waals surface area contributed by atoms with Crippen molar-refractivity contribution in [3.63, 3.8) is 0 Å². The lowest BCUT2D eigenvalue weighted by Crippen LogP contribution is -2.36. The van der Waals surface area contributed by atoms with Crippen molar-refractivity contribution in [2.75, 3.05) is 0 Å². The minimum atomic E-state index is -0.254. The molecule has 0 spiro atoms. The Morgan fingerprint density at radius 1 is 0.818 bits per heavy atom. The van der Waals surface area contributed by atoms with E-state index in [9.17, 15) is 9.59 Å². The molecule has 0 bridgehead atoms. The summed E-state index contributed by atoms with van der Waals surface area (Å²) in [7, 11) is 0. The van der Waals surface area contributed by atoms with Crippen molar-refractivity contribution in [1.29, 1.82) is 0 Å². The monoisotopic (exact) mass is 294 g/mol. The molecule has 0 aliphatic heterocycles. The molecule has 2 N–H and O–H groups in total. The van der Waals surface area contributed by atoms with E-state index in [0.717, 1.165) is 11.1 Å². The van der Waals surface area contributed by atoms with Crippen LogP contribution in [-0.4, -0.2) is 11.7 Å². The van der Waals surface area contributed by atoms with E-state index in [1.807, 2.05) is 42.5 Å². The van der Waals surface area contributed by atoms with Gasteiger partial charge in [-0.25, -0.2) is 0 Å². The maximum absolute atomic E-state index is 12.0. The molecule has 112 valence electrons. The van der Waals surface area contributed by atoms with Gasteiger partial charge in [0.2, 0.25) is 0 Å². The van der Waals surface area contributed by atoms with Gasteiger partial charge in [-0.15, -0.1) is 0 Å². The van der Waals surface area contributed by atoms with Gasteiger partial charge in [0, 0.05) is 17.3 Å². The molecule has 2 aromatic carbocycles. The van der Waals surface area contributed by atoms with Gasteiger partial charge in [-0.3, -0.25) is 15.0 Å². The second-order valence-electron chi connectivity index (χ2n) is 4.96. The average Bonchev–Trinajstić information content (AvgIpc) is 2.53. The molecule has 2 rings (SSSR count). The second kappa shape index (κ2) is 7.22. The molecule has 0 aliphatic rings. The van der Waals surface area contributed by atoms with E-state index in [0.29, 0.717) is 11.3 Å². The van der Waals surface area contributed by atoms with Crippen LogP contribution in [0, 0.1) is 0 Å². The summed E-state index contributed by atoms with van der Waals surface area (Å²) in [5, 5.41) is 0. The van der Waals surface area contributed by atoms with Crippen LogP contribution in [0.1, 0.15) is 24.2 Å². The predicted octanol–water partition coefficient (Wildman–Crippen LogP) is 3.08. The lowest BCUT2D eigenvalue weighted by Gasteiger charge is -2.09. The minimum Gasteiger partial charge on any atom is -0.303 e. The highest BCUT2D eigenvalue weighted by molar-refractivity contribution is 5.94. The van der Waals surface area contributed by atoms with E-state index in [-0.39, 0.29) is 11.7 Å². The molecule has 0 aromatic heterocycles. The van der Waals surface area contributed by atoms with Gasteiger partial charge in [-0.1, -0.05) is 42.5 Å². The van der Waals surface area contributed by atoms with Crippen molar-refractivity contribution in [3.05, 3.63) is 71.9 Å². The Morgan fingerprint density at radius 2 is 1.41 bits per heavy atom. The third-order valence-corrected chi connectivity index (χ3v) is 3.05. The molecular formula is C18H18N2O2. The summed E-state index contributed by atoms with van der Waals surface area (Å²) >= 11 is 0. The zero-order chi connectivity index (χ0) is 15.9. The molecule has 4 heteroatoms. The Labute approximate surface area is 129 Å². The molecule has 0 unspecified atom stereocenters. The van der Waals surface area contributed by atoms with E-state index in [1.54, 1.807) is 19.1 Å². The van der Waals surface area contributed by atoms with Crippen LogP contribution in [0.2, 0.25) is 0 Å². The van der Waals surface area contributed by atoms with Crippen LogP contribution in [0.3, 0.4) is 0 Å². The van der Waals surface area contributed by atoms with Crippen LogP contribution in [-0.2, 0) is 4.79 Å². The maximum Gasteiger partial charge on any atom is 0.269 e. The van der Waals surface area contributed by atoms with Gasteiger partial charge >= 0.3 is 0 Å². The summed E-state index contributed by atoms with van der Waals surface area (Å²) in [5.74, 6) is -0.331. The molecular weight excluding hydrogens is 276 g/mol. The van der Waals surface area contributed by atoms with Gasteiger partial charge in [0.05, 0.1) is 0 Å². The fraction of sp³-hybridized carbons (Fsp3) is 0.111. The van der Waals surface area contributed by atoms with Gasteiger partial charge in [-0.05, 0) is 37.1 Å². The highest BCUT2D eigenvalue weighted by atomic mass is 16.2. The Hall–Kier alpha value is -2.88. The molecule has 0 fully saturated rings. The van der Waals surface area contributed by atoms with Gasteiger partial charge in [-0.2, -0.15) is 0 Å². The van der Waals surface area contributed by atoms with Crippen LogP contribution in [0.15, 0.2) is 66.4 Å². The first-order chi connectivity index (χ1) is 10.6. The Balaban J connectivity index is 2.01. The highest BCUT2D eigenvalue weighted by Crippen LogP contribution is 2.19. The maximum atomic E-state index is 12.0. The number of allylic oxidation sites excluding steroid dienone is 2. The number of carbonyl (C=O) groups excluding carboxylic acids is 2. The number of nitrogens with one attached hydrogen (secondary N) is 2. The van der Waals surface area contributed by atoms with Gasteiger partial charge in [0.1, 0.15) is 0 Å². The summed E-state index contributed by atoms with van der Waals surface area (Å²) < 4.78 is 0. The average molecular weight is 294 g/mol. The van der Waals surface area contributed by atoms with E-state index >= 15 is 0 Å². The first kappa shape index (κ1) is 15.5. The number of amides is 1. The second-order valence-corrected chi connectivity index (χ2v) is 4.96. The van der Waals surface area contributed by atoms with Gasteiger partial charge in [0.25, 0.3) is 5.91 Å². The van der Waals surface area contributed by atoms with Crippen LogP contribution in [0.5, 0.6) is 0 Å². The standard InChI is InChI=1S/C18H18N2O2/c1-13(12-14(2)21)19-20-18(22)17-10-8-16(9-11-17)15-6-4-3-5-7-15/h3-12,19H,1-2H3,(H,20,22)/b13-12+. The van der Waals surface area contributed by atoms with Crippen LogP contribution in [0.25, 0.3) is 11.1 Å². The van der Waals surface area contributed by atoms with Crippen LogP contribution < -0.4 is 10.9 Å². The topological polar surface area (TPSA) is 58.2 Å².